The molecule has 1 amide bonds. The molecular formula is C13H8Cl2N2O4. The Bertz CT molecular complexity index is 734. The first-order valence-corrected chi connectivity index (χ1v) is 6.38. The normalized spacial score (nSPS) is 10.2. The number of carbonyl (C=O) groups excluding carboxylic acids is 1. The van der Waals surface area contributed by atoms with Gasteiger partial charge in [-0.05, 0) is 24.3 Å². The number of amides is 1. The van der Waals surface area contributed by atoms with E-state index in [0.717, 1.165) is 18.2 Å². The fourth-order valence-corrected chi connectivity index (χ4v) is 1.97. The van der Waals surface area contributed by atoms with Gasteiger partial charge in [0.05, 0.1) is 21.2 Å². The van der Waals surface area contributed by atoms with Gasteiger partial charge in [-0.15, -0.1) is 0 Å². The fraction of sp³-hybridized carbons (Fsp3) is 0. The van der Waals surface area contributed by atoms with E-state index in [2.05, 4.69) is 5.32 Å². The van der Waals surface area contributed by atoms with Crippen molar-refractivity contribution in [2.45, 2.75) is 0 Å². The van der Waals surface area contributed by atoms with E-state index >= 15 is 0 Å². The molecule has 0 aromatic heterocycles. The van der Waals surface area contributed by atoms with E-state index in [9.17, 15) is 20.0 Å². The number of non-ortho nitro benzene ring substituents is 1. The average molecular weight is 327 g/mol. The Balaban J connectivity index is 2.33. The van der Waals surface area contributed by atoms with Gasteiger partial charge in [-0.1, -0.05) is 23.2 Å². The topological polar surface area (TPSA) is 92.5 Å². The molecule has 0 saturated carbocycles. The number of nitrogens with one attached hydrogen (secondary N) is 1. The number of hydrogen-bond acceptors (Lipinski definition) is 4. The number of anilines is 1. The Morgan fingerprint density at radius 2 is 1.90 bits per heavy atom. The second-order valence-electron chi connectivity index (χ2n) is 4.04. The molecule has 0 radical (unpaired) electrons. The van der Waals surface area contributed by atoms with Gasteiger partial charge in [0.2, 0.25) is 0 Å². The van der Waals surface area contributed by atoms with Crippen molar-refractivity contribution in [3.05, 3.63) is 62.1 Å². The third-order valence-corrected chi connectivity index (χ3v) is 3.18. The second-order valence-corrected chi connectivity index (χ2v) is 4.88. The summed E-state index contributed by atoms with van der Waals surface area (Å²) in [6.07, 6.45) is 0. The zero-order chi connectivity index (χ0) is 15.6. The van der Waals surface area contributed by atoms with Gasteiger partial charge in [-0.3, -0.25) is 14.9 Å². The third-order valence-electron chi connectivity index (χ3n) is 2.61. The van der Waals surface area contributed by atoms with Crippen molar-refractivity contribution in [2.75, 3.05) is 5.32 Å². The number of rotatable bonds is 3. The zero-order valence-corrected chi connectivity index (χ0v) is 11.9. The summed E-state index contributed by atoms with van der Waals surface area (Å²) in [6, 6.07) is 7.61. The summed E-state index contributed by atoms with van der Waals surface area (Å²) in [4.78, 5) is 22.1. The maximum absolute atomic E-state index is 12.1. The summed E-state index contributed by atoms with van der Waals surface area (Å²) in [5.74, 6) is -0.939. The van der Waals surface area contributed by atoms with E-state index in [-0.39, 0.29) is 27.7 Å². The van der Waals surface area contributed by atoms with Crippen molar-refractivity contribution in [1.82, 2.24) is 0 Å². The molecule has 0 spiro atoms. The highest BCUT2D eigenvalue weighted by molar-refractivity contribution is 6.36. The molecule has 0 aliphatic rings. The number of halogens is 2. The summed E-state index contributed by atoms with van der Waals surface area (Å²) >= 11 is 11.7. The first-order valence-electron chi connectivity index (χ1n) is 5.62. The van der Waals surface area contributed by atoms with Crippen LogP contribution in [0, 0.1) is 10.1 Å². The van der Waals surface area contributed by atoms with E-state index < -0.39 is 10.8 Å². The zero-order valence-electron chi connectivity index (χ0n) is 10.3. The highest BCUT2D eigenvalue weighted by Gasteiger charge is 2.16. The summed E-state index contributed by atoms with van der Waals surface area (Å²) in [5, 5.41) is 23.2. The van der Waals surface area contributed by atoms with Crippen molar-refractivity contribution in [2.24, 2.45) is 0 Å². The van der Waals surface area contributed by atoms with Crippen LogP contribution in [0.1, 0.15) is 10.4 Å². The average Bonchev–Trinajstić information content (AvgIpc) is 2.43. The van der Waals surface area contributed by atoms with Crippen LogP contribution < -0.4 is 5.32 Å². The third kappa shape index (κ3) is 3.42. The van der Waals surface area contributed by atoms with Gasteiger partial charge in [0.1, 0.15) is 5.75 Å². The lowest BCUT2D eigenvalue weighted by Crippen LogP contribution is -2.12. The number of phenolic OH excluding ortho intramolecular Hbond substituents is 1. The van der Waals surface area contributed by atoms with Gasteiger partial charge in [0, 0.05) is 17.2 Å². The fourth-order valence-electron chi connectivity index (χ4n) is 1.60. The summed E-state index contributed by atoms with van der Waals surface area (Å²) in [7, 11) is 0. The van der Waals surface area contributed by atoms with Crippen LogP contribution in [-0.4, -0.2) is 15.9 Å². The molecule has 8 heteroatoms. The van der Waals surface area contributed by atoms with Crippen LogP contribution in [0.5, 0.6) is 5.75 Å². The van der Waals surface area contributed by atoms with Gasteiger partial charge in [0.15, 0.2) is 0 Å². The SMILES string of the molecule is O=C(Nc1cc([N+](=O)[O-])ccc1O)c1cc(Cl)ccc1Cl. The maximum atomic E-state index is 12.1. The van der Waals surface area contributed by atoms with Crippen molar-refractivity contribution in [1.29, 1.82) is 0 Å². The van der Waals surface area contributed by atoms with E-state index in [1.807, 2.05) is 0 Å². The molecular weight excluding hydrogens is 319 g/mol. The number of aromatic hydroxyl groups is 1. The molecule has 108 valence electrons. The molecule has 6 nitrogen and oxygen atoms in total. The number of nitro benzene ring substituents is 1. The second kappa shape index (κ2) is 5.99. The molecule has 0 aliphatic carbocycles. The van der Waals surface area contributed by atoms with Crippen LogP contribution in [0.15, 0.2) is 36.4 Å². The van der Waals surface area contributed by atoms with Crippen LogP contribution >= 0.6 is 23.2 Å². The number of benzene rings is 2. The van der Waals surface area contributed by atoms with Crippen LogP contribution in [-0.2, 0) is 0 Å². The van der Waals surface area contributed by atoms with Gasteiger partial charge in [-0.2, -0.15) is 0 Å². The van der Waals surface area contributed by atoms with E-state index in [1.54, 1.807) is 0 Å². The molecule has 0 atom stereocenters. The molecule has 0 unspecified atom stereocenters. The Kier molecular flexibility index (Phi) is 4.30. The standard InChI is InChI=1S/C13H8Cl2N2O4/c14-7-1-3-10(15)9(5-7)13(19)16-11-6-8(17(20)21)2-4-12(11)18/h1-6,18H,(H,16,19). The van der Waals surface area contributed by atoms with Gasteiger partial charge in [-0.25, -0.2) is 0 Å². The van der Waals surface area contributed by atoms with E-state index in [1.165, 1.54) is 18.2 Å². The van der Waals surface area contributed by atoms with Crippen LogP contribution in [0.4, 0.5) is 11.4 Å². The minimum atomic E-state index is -0.640. The minimum absolute atomic E-state index is 0.0924. The molecule has 2 aromatic rings. The highest BCUT2D eigenvalue weighted by Crippen LogP contribution is 2.29. The largest absolute Gasteiger partial charge is 0.506 e. The predicted octanol–water partition coefficient (Wildman–Crippen LogP) is 3.86. The van der Waals surface area contributed by atoms with Crippen LogP contribution in [0.3, 0.4) is 0 Å². The van der Waals surface area contributed by atoms with Crippen molar-refractivity contribution in [3.63, 3.8) is 0 Å². The Morgan fingerprint density at radius 3 is 2.57 bits per heavy atom. The van der Waals surface area contributed by atoms with Gasteiger partial charge in [0.25, 0.3) is 11.6 Å². The molecule has 21 heavy (non-hydrogen) atoms. The summed E-state index contributed by atoms with van der Waals surface area (Å²) < 4.78 is 0. The minimum Gasteiger partial charge on any atom is -0.506 e. The van der Waals surface area contributed by atoms with E-state index in [0.29, 0.717) is 5.02 Å². The first kappa shape index (κ1) is 15.1. The van der Waals surface area contributed by atoms with Gasteiger partial charge < -0.3 is 10.4 Å². The van der Waals surface area contributed by atoms with Crippen molar-refractivity contribution in [3.8, 4) is 5.75 Å². The molecule has 2 rings (SSSR count). The lowest BCUT2D eigenvalue weighted by Gasteiger charge is -2.08. The molecule has 0 bridgehead atoms. The Labute approximate surface area is 129 Å². The Hall–Kier alpha value is -2.31. The number of nitro groups is 1. The Morgan fingerprint density at radius 1 is 1.19 bits per heavy atom. The maximum Gasteiger partial charge on any atom is 0.271 e. The monoisotopic (exact) mass is 326 g/mol. The first-order chi connectivity index (χ1) is 9.88. The molecule has 0 heterocycles. The van der Waals surface area contributed by atoms with E-state index in [4.69, 9.17) is 23.2 Å². The molecule has 0 aliphatic heterocycles. The smallest absolute Gasteiger partial charge is 0.271 e. The summed E-state index contributed by atoms with van der Waals surface area (Å²) in [6.45, 7) is 0. The molecule has 2 aromatic carbocycles. The van der Waals surface area contributed by atoms with Crippen molar-refractivity contribution < 1.29 is 14.8 Å². The van der Waals surface area contributed by atoms with Gasteiger partial charge >= 0.3 is 0 Å². The highest BCUT2D eigenvalue weighted by atomic mass is 35.5. The van der Waals surface area contributed by atoms with Crippen LogP contribution in [0.2, 0.25) is 10.0 Å². The number of hydrogen-bond donors (Lipinski definition) is 2. The number of phenols is 1. The lowest BCUT2D eigenvalue weighted by atomic mass is 10.2. The molecule has 2 N–H and O–H groups in total. The quantitative estimate of drug-likeness (QED) is 0.508. The molecule has 0 saturated heterocycles. The molecule has 0 fully saturated rings. The lowest BCUT2D eigenvalue weighted by molar-refractivity contribution is -0.384. The summed E-state index contributed by atoms with van der Waals surface area (Å²) in [5.41, 5.74) is -0.263. The predicted molar refractivity (Wildman–Crippen MR) is 79.2 cm³/mol. The number of carbonyl (C=O) groups is 1. The van der Waals surface area contributed by atoms with Crippen LogP contribution in [0.25, 0.3) is 0 Å². The number of nitrogens with zero attached hydrogens (tertiary/aromatic N) is 1. The van der Waals surface area contributed by atoms with Crippen molar-refractivity contribution >= 4 is 40.5 Å².